The first kappa shape index (κ1) is 11.2. The zero-order valence-electron chi connectivity index (χ0n) is 8.27. The van der Waals surface area contributed by atoms with Crippen LogP contribution in [0.4, 0.5) is 5.13 Å². The van der Waals surface area contributed by atoms with Crippen LogP contribution in [0.3, 0.4) is 0 Å². The van der Waals surface area contributed by atoms with E-state index >= 15 is 0 Å². The van der Waals surface area contributed by atoms with Crippen molar-refractivity contribution in [3.05, 3.63) is 10.0 Å². The highest BCUT2D eigenvalue weighted by molar-refractivity contribution is 7.99. The van der Waals surface area contributed by atoms with E-state index in [2.05, 4.69) is 16.8 Å². The number of thiazole rings is 1. The highest BCUT2D eigenvalue weighted by Crippen LogP contribution is 2.31. The standard InChI is InChI=1S/C9H11ClN2OS2/c1-6-5-14-3-2-12(6)9-11-8(10)7(4-13)15-9/h4,6H,2-3,5H2,1H3. The molecule has 0 aromatic carbocycles. The van der Waals surface area contributed by atoms with Gasteiger partial charge in [0.15, 0.2) is 16.6 Å². The molecular weight excluding hydrogens is 252 g/mol. The van der Waals surface area contributed by atoms with Gasteiger partial charge in [-0.25, -0.2) is 4.98 Å². The molecule has 1 aliphatic heterocycles. The van der Waals surface area contributed by atoms with E-state index in [0.29, 0.717) is 16.1 Å². The third kappa shape index (κ3) is 2.29. The zero-order chi connectivity index (χ0) is 10.8. The number of carbonyl (C=O) groups excluding carboxylic acids is 1. The second-order valence-corrected chi connectivity index (χ2v) is 5.90. The maximum absolute atomic E-state index is 10.7. The predicted molar refractivity (Wildman–Crippen MR) is 66.6 cm³/mol. The van der Waals surface area contributed by atoms with E-state index in [0.717, 1.165) is 29.5 Å². The number of rotatable bonds is 2. The summed E-state index contributed by atoms with van der Waals surface area (Å²) in [6.45, 7) is 3.15. The first-order valence-electron chi connectivity index (χ1n) is 4.68. The van der Waals surface area contributed by atoms with Crippen molar-refractivity contribution in [2.75, 3.05) is 23.0 Å². The molecule has 1 fully saturated rings. The van der Waals surface area contributed by atoms with E-state index in [1.165, 1.54) is 11.3 Å². The fourth-order valence-corrected chi connectivity index (χ4v) is 3.71. The fourth-order valence-electron chi connectivity index (χ4n) is 1.51. The summed E-state index contributed by atoms with van der Waals surface area (Å²) in [5.41, 5.74) is 0. The molecule has 0 N–H and O–H groups in total. The monoisotopic (exact) mass is 262 g/mol. The second kappa shape index (κ2) is 4.72. The van der Waals surface area contributed by atoms with Crippen LogP contribution in [0, 0.1) is 0 Å². The van der Waals surface area contributed by atoms with Gasteiger partial charge in [-0.15, -0.1) is 0 Å². The third-order valence-corrected chi connectivity index (χ3v) is 4.93. The molecule has 82 valence electrons. The largest absolute Gasteiger partial charge is 0.344 e. The van der Waals surface area contributed by atoms with Gasteiger partial charge in [0.25, 0.3) is 0 Å². The Morgan fingerprint density at radius 3 is 3.07 bits per heavy atom. The molecule has 1 aliphatic rings. The zero-order valence-corrected chi connectivity index (χ0v) is 10.7. The number of anilines is 1. The molecule has 1 aromatic heterocycles. The Balaban J connectivity index is 2.23. The van der Waals surface area contributed by atoms with Gasteiger partial charge in [0.1, 0.15) is 4.88 Å². The Morgan fingerprint density at radius 1 is 1.67 bits per heavy atom. The van der Waals surface area contributed by atoms with Crippen LogP contribution in [0.15, 0.2) is 0 Å². The lowest BCUT2D eigenvalue weighted by Gasteiger charge is -2.32. The van der Waals surface area contributed by atoms with Gasteiger partial charge < -0.3 is 4.90 Å². The Hall–Kier alpha value is -0.260. The number of nitrogens with zero attached hydrogens (tertiary/aromatic N) is 2. The van der Waals surface area contributed by atoms with Crippen LogP contribution in [0.5, 0.6) is 0 Å². The van der Waals surface area contributed by atoms with E-state index in [1.807, 2.05) is 11.8 Å². The third-order valence-electron chi connectivity index (χ3n) is 2.32. The number of carbonyl (C=O) groups is 1. The predicted octanol–water partition coefficient (Wildman–Crippen LogP) is 2.55. The summed E-state index contributed by atoms with van der Waals surface area (Å²) in [7, 11) is 0. The maximum atomic E-state index is 10.7. The molecule has 15 heavy (non-hydrogen) atoms. The van der Waals surface area contributed by atoms with Crippen molar-refractivity contribution in [1.82, 2.24) is 4.98 Å². The van der Waals surface area contributed by atoms with Crippen LogP contribution in [-0.4, -0.2) is 35.4 Å². The van der Waals surface area contributed by atoms with Gasteiger partial charge in [-0.05, 0) is 6.92 Å². The van der Waals surface area contributed by atoms with Crippen molar-refractivity contribution >= 4 is 46.1 Å². The van der Waals surface area contributed by atoms with Gasteiger partial charge in [0, 0.05) is 24.1 Å². The number of aromatic nitrogens is 1. The van der Waals surface area contributed by atoms with E-state index in [9.17, 15) is 4.79 Å². The van der Waals surface area contributed by atoms with Gasteiger partial charge in [-0.3, -0.25) is 4.79 Å². The van der Waals surface area contributed by atoms with Gasteiger partial charge in [-0.2, -0.15) is 11.8 Å². The summed E-state index contributed by atoms with van der Waals surface area (Å²) in [5.74, 6) is 2.21. The van der Waals surface area contributed by atoms with Crippen LogP contribution in [0.25, 0.3) is 0 Å². The van der Waals surface area contributed by atoms with Gasteiger partial charge >= 0.3 is 0 Å². The van der Waals surface area contributed by atoms with E-state index < -0.39 is 0 Å². The van der Waals surface area contributed by atoms with Crippen molar-refractivity contribution in [3.63, 3.8) is 0 Å². The molecule has 0 spiro atoms. The molecule has 1 aromatic rings. The topological polar surface area (TPSA) is 33.2 Å². The number of halogens is 1. The number of thioether (sulfide) groups is 1. The molecule has 2 rings (SSSR count). The van der Waals surface area contributed by atoms with Crippen molar-refractivity contribution in [1.29, 1.82) is 0 Å². The molecule has 1 saturated heterocycles. The average molecular weight is 263 g/mol. The molecule has 2 heterocycles. The molecular formula is C9H11ClN2OS2. The lowest BCUT2D eigenvalue weighted by molar-refractivity contribution is 0.112. The lowest BCUT2D eigenvalue weighted by atomic mass is 10.3. The first-order chi connectivity index (χ1) is 7.22. The highest BCUT2D eigenvalue weighted by Gasteiger charge is 2.22. The number of aldehydes is 1. The summed E-state index contributed by atoms with van der Waals surface area (Å²) in [5, 5.41) is 1.20. The summed E-state index contributed by atoms with van der Waals surface area (Å²) >= 11 is 9.17. The van der Waals surface area contributed by atoms with Gasteiger partial charge in [0.2, 0.25) is 0 Å². The minimum Gasteiger partial charge on any atom is -0.344 e. The first-order valence-corrected chi connectivity index (χ1v) is 7.03. The van der Waals surface area contributed by atoms with Crippen molar-refractivity contribution < 1.29 is 4.79 Å². The fraction of sp³-hybridized carbons (Fsp3) is 0.556. The molecule has 0 radical (unpaired) electrons. The Kier molecular flexibility index (Phi) is 3.53. The quantitative estimate of drug-likeness (QED) is 0.767. The molecule has 1 unspecified atom stereocenters. The SMILES string of the molecule is CC1CSCCN1c1nc(Cl)c(C=O)s1. The number of hydrogen-bond donors (Lipinski definition) is 0. The van der Waals surface area contributed by atoms with Crippen LogP contribution in [-0.2, 0) is 0 Å². The molecule has 1 atom stereocenters. The van der Waals surface area contributed by atoms with Crippen LogP contribution in [0.1, 0.15) is 16.6 Å². The van der Waals surface area contributed by atoms with Crippen molar-refractivity contribution in [2.45, 2.75) is 13.0 Å². The summed E-state index contributed by atoms with van der Waals surface area (Å²) < 4.78 is 0. The summed E-state index contributed by atoms with van der Waals surface area (Å²) in [6.07, 6.45) is 0.771. The van der Waals surface area contributed by atoms with Crippen LogP contribution < -0.4 is 4.90 Å². The molecule has 0 bridgehead atoms. The normalized spacial score (nSPS) is 21.7. The maximum Gasteiger partial charge on any atom is 0.187 e. The smallest absolute Gasteiger partial charge is 0.187 e. The number of hydrogen-bond acceptors (Lipinski definition) is 5. The van der Waals surface area contributed by atoms with Crippen molar-refractivity contribution in [3.8, 4) is 0 Å². The van der Waals surface area contributed by atoms with E-state index in [4.69, 9.17) is 11.6 Å². The average Bonchev–Trinajstić information content (AvgIpc) is 2.60. The molecule has 0 amide bonds. The highest BCUT2D eigenvalue weighted by atomic mass is 35.5. The summed E-state index contributed by atoms with van der Waals surface area (Å²) in [6, 6.07) is 0.463. The van der Waals surface area contributed by atoms with E-state index in [1.54, 1.807) is 0 Å². The lowest BCUT2D eigenvalue weighted by Crippen LogP contribution is -2.40. The minimum atomic E-state index is 0.329. The van der Waals surface area contributed by atoms with Gasteiger partial charge in [0.05, 0.1) is 0 Å². The van der Waals surface area contributed by atoms with Crippen LogP contribution >= 0.6 is 34.7 Å². The van der Waals surface area contributed by atoms with Gasteiger partial charge in [-0.1, -0.05) is 22.9 Å². The molecule has 6 heteroatoms. The second-order valence-electron chi connectivity index (χ2n) is 3.39. The van der Waals surface area contributed by atoms with E-state index in [-0.39, 0.29) is 0 Å². The Labute approximate surface area is 102 Å². The Morgan fingerprint density at radius 2 is 2.47 bits per heavy atom. The molecule has 3 nitrogen and oxygen atoms in total. The molecule has 0 aliphatic carbocycles. The van der Waals surface area contributed by atoms with Crippen molar-refractivity contribution in [2.24, 2.45) is 0 Å². The minimum absolute atomic E-state index is 0.329. The Bertz CT molecular complexity index is 369. The molecule has 0 saturated carbocycles. The van der Waals surface area contributed by atoms with Crippen LogP contribution in [0.2, 0.25) is 5.15 Å². The summed E-state index contributed by atoms with van der Waals surface area (Å²) in [4.78, 5) is 17.6.